The van der Waals surface area contributed by atoms with Gasteiger partial charge in [0.2, 0.25) is 12.0 Å². The molecule has 3 rings (SSSR count). The van der Waals surface area contributed by atoms with E-state index >= 15 is 0 Å². The monoisotopic (exact) mass is 377 g/mol. The molecule has 0 aliphatic heterocycles. The third kappa shape index (κ3) is 3.53. The molecule has 0 radical (unpaired) electrons. The van der Waals surface area contributed by atoms with Gasteiger partial charge >= 0.3 is 5.97 Å². The molecule has 142 valence electrons. The highest BCUT2D eigenvalue weighted by Crippen LogP contribution is 2.28. The van der Waals surface area contributed by atoms with Crippen molar-refractivity contribution in [1.29, 1.82) is 5.26 Å². The summed E-state index contributed by atoms with van der Waals surface area (Å²) in [6.07, 6.45) is 2.28. The smallest absolute Gasteiger partial charge is 0.344 e. The molecule has 0 aliphatic rings. The molecule has 0 bridgehead atoms. The molecule has 0 fully saturated rings. The largest absolute Gasteiger partial charge is 0.444 e. The maximum Gasteiger partial charge on any atom is 0.344 e. The number of ether oxygens (including phenoxy) is 1. The molecule has 0 saturated heterocycles. The van der Waals surface area contributed by atoms with Crippen molar-refractivity contribution in [3.8, 4) is 12.0 Å². The SMILES string of the molecule is Cc1oc(-n2cccc2)c(C#N)c1C(=O)O[C@H](C(=O)N(C)C)c1ccccc1. The van der Waals surface area contributed by atoms with E-state index in [1.807, 2.05) is 6.07 Å². The van der Waals surface area contributed by atoms with Crippen LogP contribution in [0.25, 0.3) is 5.88 Å². The Bertz CT molecular complexity index is 1030. The van der Waals surface area contributed by atoms with Crippen molar-refractivity contribution in [2.24, 2.45) is 0 Å². The molecule has 0 aliphatic carbocycles. The summed E-state index contributed by atoms with van der Waals surface area (Å²) in [5.41, 5.74) is 0.612. The van der Waals surface area contributed by atoms with Gasteiger partial charge in [-0.2, -0.15) is 5.26 Å². The van der Waals surface area contributed by atoms with Gasteiger partial charge in [-0.15, -0.1) is 0 Å². The van der Waals surface area contributed by atoms with Crippen molar-refractivity contribution in [1.82, 2.24) is 9.47 Å². The normalized spacial score (nSPS) is 11.5. The summed E-state index contributed by atoms with van der Waals surface area (Å²) in [5.74, 6) is -0.702. The summed E-state index contributed by atoms with van der Waals surface area (Å²) in [5, 5.41) is 9.60. The Balaban J connectivity index is 1.99. The highest BCUT2D eigenvalue weighted by Gasteiger charge is 2.31. The number of furan rings is 1. The number of likely N-dealkylation sites (N-methyl/N-ethyl adjacent to an activating group) is 1. The Morgan fingerprint density at radius 3 is 2.36 bits per heavy atom. The van der Waals surface area contributed by atoms with Crippen LogP contribution in [-0.4, -0.2) is 35.4 Å². The Hall–Kier alpha value is -3.79. The number of carbonyl (C=O) groups excluding carboxylic acids is 2. The fourth-order valence-corrected chi connectivity index (χ4v) is 2.82. The predicted molar refractivity (Wildman–Crippen MR) is 101 cm³/mol. The number of aromatic nitrogens is 1. The first-order chi connectivity index (χ1) is 13.4. The minimum absolute atomic E-state index is 0.0127. The van der Waals surface area contributed by atoms with Crippen LogP contribution in [0.4, 0.5) is 0 Å². The van der Waals surface area contributed by atoms with Crippen LogP contribution in [-0.2, 0) is 9.53 Å². The van der Waals surface area contributed by atoms with Crippen LogP contribution in [0, 0.1) is 18.3 Å². The standard InChI is InChI=1S/C21H19N3O4/c1-14-17(16(13-22)20(27-14)24-11-7-8-12-24)21(26)28-18(19(25)23(2)3)15-9-5-4-6-10-15/h4-12,18H,1-3H3/t18-/m0/s1. The molecule has 0 saturated carbocycles. The zero-order valence-corrected chi connectivity index (χ0v) is 15.7. The minimum Gasteiger partial charge on any atom is -0.444 e. The number of rotatable bonds is 5. The van der Waals surface area contributed by atoms with E-state index < -0.39 is 12.1 Å². The average Bonchev–Trinajstić information content (AvgIpc) is 3.33. The summed E-state index contributed by atoms with van der Waals surface area (Å²) in [6.45, 7) is 1.58. The molecular formula is C21H19N3O4. The van der Waals surface area contributed by atoms with Gasteiger partial charge in [0.15, 0.2) is 0 Å². The van der Waals surface area contributed by atoms with Gasteiger partial charge < -0.3 is 14.1 Å². The van der Waals surface area contributed by atoms with Gasteiger partial charge in [-0.05, 0) is 19.1 Å². The molecule has 0 unspecified atom stereocenters. The van der Waals surface area contributed by atoms with Gasteiger partial charge in [0.05, 0.1) is 0 Å². The lowest BCUT2D eigenvalue weighted by atomic mass is 10.1. The second kappa shape index (κ2) is 7.84. The molecule has 0 spiro atoms. The van der Waals surface area contributed by atoms with Crippen molar-refractivity contribution in [2.75, 3.05) is 14.1 Å². The van der Waals surface area contributed by atoms with E-state index in [4.69, 9.17) is 9.15 Å². The highest BCUT2D eigenvalue weighted by atomic mass is 16.5. The fourth-order valence-electron chi connectivity index (χ4n) is 2.82. The maximum absolute atomic E-state index is 12.9. The lowest BCUT2D eigenvalue weighted by molar-refractivity contribution is -0.138. The summed E-state index contributed by atoms with van der Waals surface area (Å²) >= 11 is 0. The van der Waals surface area contributed by atoms with Crippen LogP contribution in [0.2, 0.25) is 0 Å². The van der Waals surface area contributed by atoms with Gasteiger partial charge in [-0.3, -0.25) is 9.36 Å². The van der Waals surface area contributed by atoms with Crippen molar-refractivity contribution in [3.63, 3.8) is 0 Å². The van der Waals surface area contributed by atoms with Gasteiger partial charge in [-0.1, -0.05) is 30.3 Å². The zero-order chi connectivity index (χ0) is 20.3. The van der Waals surface area contributed by atoms with E-state index in [2.05, 4.69) is 0 Å². The topological polar surface area (TPSA) is 88.5 Å². The second-order valence-corrected chi connectivity index (χ2v) is 6.34. The molecule has 0 N–H and O–H groups in total. The number of amides is 1. The van der Waals surface area contributed by atoms with Gasteiger partial charge in [-0.25, -0.2) is 4.79 Å². The van der Waals surface area contributed by atoms with Crippen LogP contribution in [0.3, 0.4) is 0 Å². The molecule has 2 aromatic heterocycles. The number of esters is 1. The van der Waals surface area contributed by atoms with Crippen LogP contribution in [0.5, 0.6) is 0 Å². The summed E-state index contributed by atoms with van der Waals surface area (Å²) in [6, 6.07) is 14.3. The second-order valence-electron chi connectivity index (χ2n) is 6.34. The number of nitrogens with zero attached hydrogens (tertiary/aromatic N) is 3. The number of hydrogen-bond acceptors (Lipinski definition) is 5. The van der Waals surface area contributed by atoms with E-state index in [1.54, 1.807) is 80.4 Å². The minimum atomic E-state index is -1.13. The fraction of sp³-hybridized carbons (Fsp3) is 0.190. The van der Waals surface area contributed by atoms with E-state index in [0.29, 0.717) is 5.56 Å². The summed E-state index contributed by atoms with van der Waals surface area (Å²) in [4.78, 5) is 26.9. The van der Waals surface area contributed by atoms with Gasteiger partial charge in [0.25, 0.3) is 5.91 Å². The molecule has 7 nitrogen and oxygen atoms in total. The molecule has 3 aromatic rings. The van der Waals surface area contributed by atoms with Crippen molar-refractivity contribution < 1.29 is 18.7 Å². The quantitative estimate of drug-likeness (QED) is 0.637. The lowest BCUT2D eigenvalue weighted by Crippen LogP contribution is -2.31. The first-order valence-corrected chi connectivity index (χ1v) is 8.58. The van der Waals surface area contributed by atoms with E-state index in [0.717, 1.165) is 0 Å². The maximum atomic E-state index is 12.9. The third-order valence-electron chi connectivity index (χ3n) is 4.21. The number of hydrogen-bond donors (Lipinski definition) is 0. The van der Waals surface area contributed by atoms with Crippen molar-refractivity contribution in [3.05, 3.63) is 77.3 Å². The number of aryl methyl sites for hydroxylation is 1. The molecule has 28 heavy (non-hydrogen) atoms. The number of benzene rings is 1. The van der Waals surface area contributed by atoms with Crippen LogP contribution >= 0.6 is 0 Å². The molecule has 7 heteroatoms. The molecule has 1 atom stereocenters. The highest BCUT2D eigenvalue weighted by molar-refractivity contribution is 5.96. The Labute approximate surface area is 162 Å². The van der Waals surface area contributed by atoms with E-state index in [9.17, 15) is 14.9 Å². The zero-order valence-electron chi connectivity index (χ0n) is 15.7. The summed E-state index contributed by atoms with van der Waals surface area (Å²) in [7, 11) is 3.17. The Morgan fingerprint density at radius 1 is 1.14 bits per heavy atom. The predicted octanol–water partition coefficient (Wildman–Crippen LogP) is 3.24. The number of nitriles is 1. The average molecular weight is 377 g/mol. The number of carbonyl (C=O) groups is 2. The van der Waals surface area contributed by atoms with Crippen molar-refractivity contribution in [2.45, 2.75) is 13.0 Å². The van der Waals surface area contributed by atoms with Crippen molar-refractivity contribution >= 4 is 11.9 Å². The van der Waals surface area contributed by atoms with Crippen LogP contribution in [0.15, 0.2) is 59.3 Å². The molecular weight excluding hydrogens is 358 g/mol. The van der Waals surface area contributed by atoms with Crippen LogP contribution in [0.1, 0.15) is 33.3 Å². The summed E-state index contributed by atoms with van der Waals surface area (Å²) < 4.78 is 12.8. The molecule has 2 heterocycles. The van der Waals surface area contributed by atoms with E-state index in [-0.39, 0.29) is 28.7 Å². The first-order valence-electron chi connectivity index (χ1n) is 8.58. The molecule has 1 aromatic carbocycles. The van der Waals surface area contributed by atoms with Crippen LogP contribution < -0.4 is 0 Å². The Kier molecular flexibility index (Phi) is 5.32. The lowest BCUT2D eigenvalue weighted by Gasteiger charge is -2.21. The van der Waals surface area contributed by atoms with Gasteiger partial charge in [0, 0.05) is 32.1 Å². The Morgan fingerprint density at radius 2 is 1.79 bits per heavy atom. The molecule has 1 amide bonds. The van der Waals surface area contributed by atoms with E-state index in [1.165, 1.54) is 4.90 Å². The first kappa shape index (κ1) is 19.0. The third-order valence-corrected chi connectivity index (χ3v) is 4.21. The van der Waals surface area contributed by atoms with Gasteiger partial charge in [0.1, 0.15) is 23.0 Å².